The van der Waals surface area contributed by atoms with E-state index in [4.69, 9.17) is 27.3 Å². The first-order valence-electron chi connectivity index (χ1n) is 13.0. The molecule has 1 aromatic carbocycles. The Labute approximate surface area is 220 Å². The first-order valence-corrected chi connectivity index (χ1v) is 14.2. The number of carbonyl (C=O) groups is 1. The van der Waals surface area contributed by atoms with Crippen molar-refractivity contribution in [1.82, 2.24) is 9.97 Å². The molecule has 2 bridgehead atoms. The van der Waals surface area contributed by atoms with Gasteiger partial charge in [-0.1, -0.05) is 29.8 Å². The normalized spacial score (nSPS) is 26.1. The van der Waals surface area contributed by atoms with Gasteiger partial charge in [-0.3, -0.25) is 4.79 Å². The SMILES string of the molecule is NC(=O)CC1CCCN(c2nc(N3C4CCC3CC(CO)C4)nc3scc(-c4ccccc4Cl)c23)C1. The number of anilines is 2. The van der Waals surface area contributed by atoms with E-state index in [1.807, 2.05) is 24.3 Å². The fourth-order valence-electron chi connectivity index (χ4n) is 6.61. The minimum absolute atomic E-state index is 0.226. The van der Waals surface area contributed by atoms with Crippen LogP contribution in [0.25, 0.3) is 21.3 Å². The Morgan fingerprint density at radius 1 is 1.11 bits per heavy atom. The summed E-state index contributed by atoms with van der Waals surface area (Å²) in [6.07, 6.45) is 6.62. The van der Waals surface area contributed by atoms with Crippen LogP contribution in [0.15, 0.2) is 29.6 Å². The topological polar surface area (TPSA) is 95.6 Å². The molecule has 3 fully saturated rings. The van der Waals surface area contributed by atoms with Crippen LogP contribution in [0.2, 0.25) is 5.02 Å². The largest absolute Gasteiger partial charge is 0.396 e. The Kier molecular flexibility index (Phi) is 6.52. The van der Waals surface area contributed by atoms with Crippen LogP contribution in [-0.4, -0.2) is 52.8 Å². The number of piperidine rings is 2. The molecule has 0 spiro atoms. The second-order valence-corrected chi connectivity index (χ2v) is 11.9. The number of benzene rings is 1. The molecule has 0 aliphatic carbocycles. The van der Waals surface area contributed by atoms with Crippen molar-refractivity contribution in [2.24, 2.45) is 17.6 Å². The number of primary amides is 1. The zero-order valence-corrected chi connectivity index (χ0v) is 21.8. The van der Waals surface area contributed by atoms with Crippen molar-refractivity contribution in [3.05, 3.63) is 34.7 Å². The summed E-state index contributed by atoms with van der Waals surface area (Å²) in [5.74, 6) is 2.08. The average Bonchev–Trinajstić information content (AvgIpc) is 3.41. The number of nitrogens with two attached hydrogens (primary N) is 1. The van der Waals surface area contributed by atoms with Crippen molar-refractivity contribution < 1.29 is 9.90 Å². The van der Waals surface area contributed by atoms with Crippen molar-refractivity contribution >= 4 is 50.8 Å². The van der Waals surface area contributed by atoms with Crippen molar-refractivity contribution in [1.29, 1.82) is 0 Å². The van der Waals surface area contributed by atoms with Gasteiger partial charge >= 0.3 is 0 Å². The number of thiophene rings is 1. The molecule has 190 valence electrons. The third-order valence-corrected chi connectivity index (χ3v) is 9.40. The maximum absolute atomic E-state index is 11.7. The minimum Gasteiger partial charge on any atom is -0.396 e. The molecule has 2 aromatic heterocycles. The van der Waals surface area contributed by atoms with E-state index in [-0.39, 0.29) is 18.4 Å². The second kappa shape index (κ2) is 9.80. The third-order valence-electron chi connectivity index (χ3n) is 8.19. The quantitative estimate of drug-likeness (QED) is 0.478. The number of hydrogen-bond donors (Lipinski definition) is 2. The number of rotatable bonds is 6. The van der Waals surface area contributed by atoms with Crippen molar-refractivity contribution in [3.63, 3.8) is 0 Å². The maximum atomic E-state index is 11.7. The summed E-state index contributed by atoms with van der Waals surface area (Å²) in [4.78, 5) is 27.8. The lowest BCUT2D eigenvalue weighted by atomic mass is 9.91. The van der Waals surface area contributed by atoms with Crippen LogP contribution in [-0.2, 0) is 4.79 Å². The maximum Gasteiger partial charge on any atom is 0.229 e. The van der Waals surface area contributed by atoms with Crippen LogP contribution in [0.4, 0.5) is 11.8 Å². The summed E-state index contributed by atoms with van der Waals surface area (Å²) >= 11 is 8.27. The smallest absolute Gasteiger partial charge is 0.229 e. The van der Waals surface area contributed by atoms with Gasteiger partial charge in [-0.2, -0.15) is 4.98 Å². The monoisotopic (exact) mass is 525 g/mol. The van der Waals surface area contributed by atoms with E-state index in [9.17, 15) is 9.90 Å². The van der Waals surface area contributed by atoms with Gasteiger partial charge in [0.2, 0.25) is 11.9 Å². The Hall–Kier alpha value is -2.42. The Bertz CT molecular complexity index is 1270. The second-order valence-electron chi connectivity index (χ2n) is 10.6. The number of halogens is 1. The number of amides is 1. The molecule has 0 saturated carbocycles. The lowest BCUT2D eigenvalue weighted by Crippen LogP contribution is -2.45. The fourth-order valence-corrected chi connectivity index (χ4v) is 7.77. The fraction of sp³-hybridized carbons (Fsp3) is 0.519. The standard InChI is InChI=1S/C27H32ClN5O2S/c28-22-6-2-1-5-20(22)21-15-36-26-24(21)25(32-9-3-4-16(13-32)12-23(29)35)30-27(31-26)33-18-7-8-19(33)11-17(10-18)14-34/h1-2,5-6,15-19,34H,3-4,7-14H2,(H2,29,35). The first-order chi connectivity index (χ1) is 17.5. The molecule has 3 aliphatic rings. The highest BCUT2D eigenvalue weighted by Gasteiger charge is 2.42. The highest BCUT2D eigenvalue weighted by atomic mass is 35.5. The summed E-state index contributed by atoms with van der Waals surface area (Å²) in [6, 6.07) is 8.67. The molecule has 3 atom stereocenters. The van der Waals surface area contributed by atoms with Crippen LogP contribution in [0.3, 0.4) is 0 Å². The van der Waals surface area contributed by atoms with Crippen molar-refractivity contribution in [3.8, 4) is 11.1 Å². The molecule has 3 aliphatic heterocycles. The molecule has 3 N–H and O–H groups in total. The van der Waals surface area contributed by atoms with Gasteiger partial charge < -0.3 is 20.6 Å². The van der Waals surface area contributed by atoms with Crippen LogP contribution >= 0.6 is 22.9 Å². The number of aliphatic hydroxyl groups excluding tert-OH is 1. The molecular formula is C27H32ClN5O2S. The number of nitrogens with zero attached hydrogens (tertiary/aromatic N) is 4. The summed E-state index contributed by atoms with van der Waals surface area (Å²) < 4.78 is 0. The van der Waals surface area contributed by atoms with E-state index in [2.05, 4.69) is 15.2 Å². The summed E-state index contributed by atoms with van der Waals surface area (Å²) in [7, 11) is 0. The van der Waals surface area contributed by atoms with Crippen molar-refractivity contribution in [2.45, 2.75) is 57.0 Å². The van der Waals surface area contributed by atoms with Crippen LogP contribution in [0.1, 0.15) is 44.9 Å². The van der Waals surface area contributed by atoms with E-state index >= 15 is 0 Å². The number of hydrogen-bond acceptors (Lipinski definition) is 7. The summed E-state index contributed by atoms with van der Waals surface area (Å²) in [5.41, 5.74) is 7.60. The van der Waals surface area contributed by atoms with Gasteiger partial charge in [-0.25, -0.2) is 4.98 Å². The van der Waals surface area contributed by atoms with E-state index in [1.54, 1.807) is 11.3 Å². The molecule has 1 amide bonds. The molecule has 6 rings (SSSR count). The van der Waals surface area contributed by atoms with E-state index < -0.39 is 0 Å². The molecule has 3 aromatic rings. The molecule has 7 nitrogen and oxygen atoms in total. The predicted molar refractivity (Wildman–Crippen MR) is 146 cm³/mol. The zero-order chi connectivity index (χ0) is 24.8. The molecule has 0 radical (unpaired) electrons. The van der Waals surface area contributed by atoms with Crippen molar-refractivity contribution in [2.75, 3.05) is 29.5 Å². The molecule has 9 heteroatoms. The van der Waals surface area contributed by atoms with Gasteiger partial charge in [0.25, 0.3) is 0 Å². The van der Waals surface area contributed by atoms with Gasteiger partial charge in [0.1, 0.15) is 10.6 Å². The van der Waals surface area contributed by atoms with E-state index in [0.717, 1.165) is 84.7 Å². The van der Waals surface area contributed by atoms with E-state index in [0.29, 0.717) is 29.4 Å². The zero-order valence-electron chi connectivity index (χ0n) is 20.3. The lowest BCUT2D eigenvalue weighted by Gasteiger charge is -2.39. The van der Waals surface area contributed by atoms with Crippen LogP contribution in [0, 0.1) is 11.8 Å². The molecule has 36 heavy (non-hydrogen) atoms. The number of aromatic nitrogens is 2. The number of fused-ring (bicyclic) bond motifs is 3. The Morgan fingerprint density at radius 2 is 1.89 bits per heavy atom. The Morgan fingerprint density at radius 3 is 2.61 bits per heavy atom. The minimum atomic E-state index is -0.244. The molecule has 5 heterocycles. The van der Waals surface area contributed by atoms with Gasteiger partial charge in [0.15, 0.2) is 0 Å². The number of carbonyl (C=O) groups excluding carboxylic acids is 1. The van der Waals surface area contributed by atoms with Crippen LogP contribution in [0.5, 0.6) is 0 Å². The van der Waals surface area contributed by atoms with Gasteiger partial charge in [-0.15, -0.1) is 11.3 Å². The third kappa shape index (κ3) is 4.33. The number of aliphatic hydroxyl groups is 1. The van der Waals surface area contributed by atoms with Gasteiger partial charge in [0, 0.05) is 59.7 Å². The highest BCUT2D eigenvalue weighted by Crippen LogP contribution is 2.45. The lowest BCUT2D eigenvalue weighted by molar-refractivity contribution is -0.118. The first kappa shape index (κ1) is 23.9. The summed E-state index contributed by atoms with van der Waals surface area (Å²) in [6.45, 7) is 1.90. The molecular weight excluding hydrogens is 494 g/mol. The average molecular weight is 526 g/mol. The molecule has 3 unspecified atom stereocenters. The van der Waals surface area contributed by atoms with Crippen LogP contribution < -0.4 is 15.5 Å². The highest BCUT2D eigenvalue weighted by molar-refractivity contribution is 7.17. The van der Waals surface area contributed by atoms with E-state index in [1.165, 1.54) is 0 Å². The molecule has 3 saturated heterocycles. The van der Waals surface area contributed by atoms with Gasteiger partial charge in [0.05, 0.1) is 5.39 Å². The predicted octanol–water partition coefficient (Wildman–Crippen LogP) is 4.84. The summed E-state index contributed by atoms with van der Waals surface area (Å²) in [5, 5.41) is 13.7. The van der Waals surface area contributed by atoms with Gasteiger partial charge in [-0.05, 0) is 56.4 Å². The Balaban J connectivity index is 1.46.